The fourth-order valence-electron chi connectivity index (χ4n) is 3.91. The van der Waals surface area contributed by atoms with E-state index in [4.69, 9.17) is 4.98 Å². The van der Waals surface area contributed by atoms with E-state index in [0.717, 1.165) is 37.2 Å². The molecule has 1 amide bonds. The van der Waals surface area contributed by atoms with Crippen LogP contribution in [-0.4, -0.2) is 33.9 Å². The van der Waals surface area contributed by atoms with E-state index in [-0.39, 0.29) is 11.8 Å². The van der Waals surface area contributed by atoms with Crippen molar-refractivity contribution in [3.05, 3.63) is 95.1 Å². The summed E-state index contributed by atoms with van der Waals surface area (Å²) in [5, 5.41) is 0. The molecule has 0 N–H and O–H groups in total. The summed E-state index contributed by atoms with van der Waals surface area (Å²) >= 11 is 0. The third-order valence-corrected chi connectivity index (χ3v) is 5.31. The molecule has 3 aromatic rings. The lowest BCUT2D eigenvalue weighted by Gasteiger charge is -2.32. The Morgan fingerprint density at radius 2 is 2.00 bits per heavy atom. The molecule has 1 aliphatic rings. The normalized spacial score (nSPS) is 16.8. The molecule has 4 heteroatoms. The van der Waals surface area contributed by atoms with Crippen LogP contribution in [0.15, 0.2) is 66.9 Å². The molecule has 1 unspecified atom stereocenters. The third-order valence-electron chi connectivity index (χ3n) is 5.31. The maximum absolute atomic E-state index is 12.8. The standard InChI is InChI=1S/C24H25N3O/c1-18-7-4-8-19(15-18)16-21-10-5-12-22(26-21)20-9-6-14-27(17-20)24(28)23-11-2-3-13-25-23/h2-5,7-8,10-13,15,20H,6,9,14,16-17H2,1H3. The monoisotopic (exact) mass is 371 g/mol. The van der Waals surface area contributed by atoms with E-state index in [1.54, 1.807) is 12.3 Å². The highest BCUT2D eigenvalue weighted by Gasteiger charge is 2.26. The first-order chi connectivity index (χ1) is 13.7. The molecule has 4 nitrogen and oxygen atoms in total. The number of rotatable bonds is 4. The van der Waals surface area contributed by atoms with Crippen molar-refractivity contribution in [2.24, 2.45) is 0 Å². The Bertz CT molecular complexity index is 955. The van der Waals surface area contributed by atoms with Crippen LogP contribution < -0.4 is 0 Å². The predicted molar refractivity (Wildman–Crippen MR) is 110 cm³/mol. The van der Waals surface area contributed by atoms with E-state index in [1.165, 1.54) is 11.1 Å². The van der Waals surface area contributed by atoms with Crippen molar-refractivity contribution in [2.75, 3.05) is 13.1 Å². The summed E-state index contributed by atoms with van der Waals surface area (Å²) in [5.74, 6) is 0.292. The minimum Gasteiger partial charge on any atom is -0.337 e. The number of aryl methyl sites for hydroxylation is 1. The van der Waals surface area contributed by atoms with Crippen LogP contribution in [0.1, 0.15) is 51.8 Å². The Morgan fingerprint density at radius 3 is 2.82 bits per heavy atom. The van der Waals surface area contributed by atoms with Crippen LogP contribution in [0, 0.1) is 6.92 Å². The Balaban J connectivity index is 1.48. The van der Waals surface area contributed by atoms with E-state index in [0.29, 0.717) is 12.2 Å². The van der Waals surface area contributed by atoms with Gasteiger partial charge in [-0.25, -0.2) is 0 Å². The first-order valence-corrected chi connectivity index (χ1v) is 9.91. The number of piperidine rings is 1. The Morgan fingerprint density at radius 1 is 1.11 bits per heavy atom. The van der Waals surface area contributed by atoms with E-state index in [1.807, 2.05) is 17.0 Å². The molecule has 3 heterocycles. The van der Waals surface area contributed by atoms with Gasteiger partial charge in [-0.05, 0) is 49.6 Å². The second kappa shape index (κ2) is 8.34. The zero-order valence-corrected chi connectivity index (χ0v) is 16.2. The minimum atomic E-state index is 0.0150. The minimum absolute atomic E-state index is 0.0150. The van der Waals surface area contributed by atoms with Gasteiger partial charge in [0.15, 0.2) is 0 Å². The number of nitrogens with zero attached hydrogens (tertiary/aromatic N) is 3. The van der Waals surface area contributed by atoms with Crippen molar-refractivity contribution in [3.63, 3.8) is 0 Å². The molecule has 0 bridgehead atoms. The number of benzene rings is 1. The van der Waals surface area contributed by atoms with Crippen LogP contribution in [0.25, 0.3) is 0 Å². The van der Waals surface area contributed by atoms with E-state index in [2.05, 4.69) is 54.4 Å². The zero-order chi connectivity index (χ0) is 19.3. The van der Waals surface area contributed by atoms with E-state index < -0.39 is 0 Å². The number of likely N-dealkylation sites (tertiary alicyclic amines) is 1. The predicted octanol–water partition coefficient (Wildman–Crippen LogP) is 4.40. The van der Waals surface area contributed by atoms with Gasteiger partial charge in [0.1, 0.15) is 5.69 Å². The molecule has 1 saturated heterocycles. The molecule has 0 radical (unpaired) electrons. The summed E-state index contributed by atoms with van der Waals surface area (Å²) in [6.07, 6.45) is 4.56. The first kappa shape index (κ1) is 18.4. The molecule has 28 heavy (non-hydrogen) atoms. The van der Waals surface area contributed by atoms with E-state index >= 15 is 0 Å². The number of carbonyl (C=O) groups is 1. The number of hydrogen-bond acceptors (Lipinski definition) is 3. The summed E-state index contributed by atoms with van der Waals surface area (Å²) in [7, 11) is 0. The lowest BCUT2D eigenvalue weighted by atomic mass is 9.93. The molecule has 0 saturated carbocycles. The largest absolute Gasteiger partial charge is 0.337 e. The van der Waals surface area contributed by atoms with Gasteiger partial charge < -0.3 is 4.90 Å². The molecular formula is C24H25N3O. The van der Waals surface area contributed by atoms with E-state index in [9.17, 15) is 4.79 Å². The first-order valence-electron chi connectivity index (χ1n) is 9.91. The topological polar surface area (TPSA) is 46.1 Å². The maximum atomic E-state index is 12.8. The molecular weight excluding hydrogens is 346 g/mol. The number of aromatic nitrogens is 2. The summed E-state index contributed by atoms with van der Waals surface area (Å²) in [6.45, 7) is 3.60. The average Bonchev–Trinajstić information content (AvgIpc) is 2.74. The Labute approximate surface area is 166 Å². The molecule has 0 aliphatic carbocycles. The van der Waals surface area contributed by atoms with Crippen molar-refractivity contribution in [1.82, 2.24) is 14.9 Å². The number of carbonyl (C=O) groups excluding carboxylic acids is 1. The van der Waals surface area contributed by atoms with Gasteiger partial charge in [-0.3, -0.25) is 14.8 Å². The lowest BCUT2D eigenvalue weighted by molar-refractivity contribution is 0.0700. The van der Waals surface area contributed by atoms with Crippen molar-refractivity contribution in [3.8, 4) is 0 Å². The number of pyridine rings is 2. The molecule has 4 rings (SSSR count). The highest BCUT2D eigenvalue weighted by molar-refractivity contribution is 5.92. The lowest BCUT2D eigenvalue weighted by Crippen LogP contribution is -2.39. The summed E-state index contributed by atoms with van der Waals surface area (Å²) in [6, 6.07) is 20.3. The second-order valence-electron chi connectivity index (χ2n) is 7.52. The number of hydrogen-bond donors (Lipinski definition) is 0. The molecule has 1 fully saturated rings. The third kappa shape index (κ3) is 4.28. The summed E-state index contributed by atoms with van der Waals surface area (Å²) in [4.78, 5) is 23.8. The SMILES string of the molecule is Cc1cccc(Cc2cccc(C3CCCN(C(=O)c4ccccn4)C3)n2)c1. The fourth-order valence-corrected chi connectivity index (χ4v) is 3.91. The van der Waals surface area contributed by atoms with Crippen molar-refractivity contribution in [1.29, 1.82) is 0 Å². The fraction of sp³-hybridized carbons (Fsp3) is 0.292. The second-order valence-corrected chi connectivity index (χ2v) is 7.52. The van der Waals surface area contributed by atoms with Crippen LogP contribution in [0.2, 0.25) is 0 Å². The average molecular weight is 371 g/mol. The molecule has 2 aromatic heterocycles. The van der Waals surface area contributed by atoms with Gasteiger partial charge in [0, 0.05) is 43.0 Å². The summed E-state index contributed by atoms with van der Waals surface area (Å²) < 4.78 is 0. The van der Waals surface area contributed by atoms with Crippen LogP contribution in [0.3, 0.4) is 0 Å². The highest BCUT2D eigenvalue weighted by atomic mass is 16.2. The quantitative estimate of drug-likeness (QED) is 0.683. The molecule has 1 aliphatic heterocycles. The van der Waals surface area contributed by atoms with Crippen LogP contribution >= 0.6 is 0 Å². The molecule has 142 valence electrons. The van der Waals surface area contributed by atoms with Gasteiger partial charge in [-0.15, -0.1) is 0 Å². The molecule has 0 spiro atoms. The van der Waals surface area contributed by atoms with Crippen LogP contribution in [0.4, 0.5) is 0 Å². The smallest absolute Gasteiger partial charge is 0.272 e. The van der Waals surface area contributed by atoms with Gasteiger partial charge >= 0.3 is 0 Å². The Hall–Kier alpha value is -3.01. The van der Waals surface area contributed by atoms with Gasteiger partial charge in [0.2, 0.25) is 0 Å². The maximum Gasteiger partial charge on any atom is 0.272 e. The molecule has 1 aromatic carbocycles. The van der Waals surface area contributed by atoms with Crippen molar-refractivity contribution < 1.29 is 4.79 Å². The van der Waals surface area contributed by atoms with Crippen LogP contribution in [0.5, 0.6) is 0 Å². The molecule has 1 atom stereocenters. The summed E-state index contributed by atoms with van der Waals surface area (Å²) in [5.41, 5.74) is 5.23. The van der Waals surface area contributed by atoms with Crippen molar-refractivity contribution in [2.45, 2.75) is 32.1 Å². The van der Waals surface area contributed by atoms with Crippen LogP contribution in [-0.2, 0) is 6.42 Å². The van der Waals surface area contributed by atoms with Crippen molar-refractivity contribution >= 4 is 5.91 Å². The zero-order valence-electron chi connectivity index (χ0n) is 16.2. The van der Waals surface area contributed by atoms with Gasteiger partial charge in [0.25, 0.3) is 5.91 Å². The number of amides is 1. The van der Waals surface area contributed by atoms with Gasteiger partial charge in [-0.1, -0.05) is 42.0 Å². The van der Waals surface area contributed by atoms with Gasteiger partial charge in [-0.2, -0.15) is 0 Å². The Kier molecular flexibility index (Phi) is 5.47. The van der Waals surface area contributed by atoms with Gasteiger partial charge in [0.05, 0.1) is 0 Å². The highest BCUT2D eigenvalue weighted by Crippen LogP contribution is 2.27.